The fraction of sp³-hybridized carbons (Fsp3) is 0.500. The number of hydrogen-bond acceptors (Lipinski definition) is 5. The van der Waals surface area contributed by atoms with Crippen molar-refractivity contribution in [3.63, 3.8) is 0 Å². The number of amides is 3. The molecule has 1 saturated heterocycles. The zero-order chi connectivity index (χ0) is 18.6. The molecule has 0 radical (unpaired) electrons. The Labute approximate surface area is 146 Å². The summed E-state index contributed by atoms with van der Waals surface area (Å²) in [4.78, 5) is 29.6. The van der Waals surface area contributed by atoms with Crippen LogP contribution < -0.4 is 16.0 Å². The molecule has 0 atom stereocenters. The van der Waals surface area contributed by atoms with E-state index in [2.05, 4.69) is 4.98 Å². The summed E-state index contributed by atoms with van der Waals surface area (Å²) in [6.45, 7) is 2.64. The maximum atomic E-state index is 12.6. The van der Waals surface area contributed by atoms with Gasteiger partial charge < -0.3 is 10.6 Å². The van der Waals surface area contributed by atoms with Gasteiger partial charge in [-0.25, -0.2) is 9.78 Å². The molecule has 0 bridgehead atoms. The number of rotatable bonds is 4. The van der Waals surface area contributed by atoms with E-state index in [1.54, 1.807) is 4.90 Å². The molecule has 1 aliphatic heterocycles. The SMILES string of the molecule is NC(=O)NC(=O)CCN1CCN(c2ncc(C(F)(F)F)cc2Cl)CC1. The van der Waals surface area contributed by atoms with Crippen molar-refractivity contribution in [2.75, 3.05) is 37.6 Å². The number of hydrogen-bond donors (Lipinski definition) is 2. The van der Waals surface area contributed by atoms with E-state index < -0.39 is 23.7 Å². The van der Waals surface area contributed by atoms with Crippen LogP contribution in [0.3, 0.4) is 0 Å². The van der Waals surface area contributed by atoms with Gasteiger partial charge in [-0.1, -0.05) is 11.6 Å². The summed E-state index contributed by atoms with van der Waals surface area (Å²) in [7, 11) is 0. The van der Waals surface area contributed by atoms with Crippen LogP contribution in [0.15, 0.2) is 12.3 Å². The Balaban J connectivity index is 1.88. The Morgan fingerprint density at radius 1 is 1.28 bits per heavy atom. The summed E-state index contributed by atoms with van der Waals surface area (Å²) in [5.74, 6) is -0.150. The second-order valence-electron chi connectivity index (χ2n) is 5.52. The van der Waals surface area contributed by atoms with Crippen molar-refractivity contribution in [3.8, 4) is 0 Å². The highest BCUT2D eigenvalue weighted by Crippen LogP contribution is 2.33. The Hall–Kier alpha value is -2.07. The molecule has 1 fully saturated rings. The highest BCUT2D eigenvalue weighted by atomic mass is 35.5. The van der Waals surface area contributed by atoms with E-state index in [-0.39, 0.29) is 11.4 Å². The topological polar surface area (TPSA) is 91.6 Å². The number of piperazine rings is 1. The average molecular weight is 380 g/mol. The van der Waals surface area contributed by atoms with Gasteiger partial charge >= 0.3 is 12.2 Å². The van der Waals surface area contributed by atoms with E-state index in [0.29, 0.717) is 38.5 Å². The van der Waals surface area contributed by atoms with Gasteiger partial charge in [0.1, 0.15) is 5.82 Å². The molecule has 3 amide bonds. The van der Waals surface area contributed by atoms with Crippen LogP contribution in [0.1, 0.15) is 12.0 Å². The van der Waals surface area contributed by atoms with E-state index in [0.717, 1.165) is 12.3 Å². The van der Waals surface area contributed by atoms with Crippen LogP contribution >= 0.6 is 11.6 Å². The molecule has 7 nitrogen and oxygen atoms in total. The first kappa shape index (κ1) is 19.3. The minimum absolute atomic E-state index is 0.0517. The number of imide groups is 1. The number of nitrogens with zero attached hydrogens (tertiary/aromatic N) is 3. The number of alkyl halides is 3. The van der Waals surface area contributed by atoms with Gasteiger partial charge in [0.2, 0.25) is 5.91 Å². The standard InChI is InChI=1S/C14H17ClF3N5O2/c15-10-7-9(14(16,17)18)8-20-12(10)23-5-3-22(4-6-23)2-1-11(24)21-13(19)25/h7-8H,1-6H2,(H3,19,21,24,25). The van der Waals surface area contributed by atoms with Gasteiger partial charge in [0, 0.05) is 45.3 Å². The molecule has 0 aliphatic carbocycles. The fourth-order valence-electron chi connectivity index (χ4n) is 2.46. The minimum Gasteiger partial charge on any atom is -0.353 e. The number of nitrogens with two attached hydrogens (primary N) is 1. The Kier molecular flexibility index (Phi) is 6.07. The number of anilines is 1. The summed E-state index contributed by atoms with van der Waals surface area (Å²) < 4.78 is 37.9. The van der Waals surface area contributed by atoms with E-state index in [1.807, 2.05) is 10.2 Å². The first-order valence-electron chi connectivity index (χ1n) is 7.46. The van der Waals surface area contributed by atoms with Crippen molar-refractivity contribution >= 4 is 29.4 Å². The molecule has 25 heavy (non-hydrogen) atoms. The molecule has 0 aromatic carbocycles. The van der Waals surface area contributed by atoms with Gasteiger partial charge in [0.05, 0.1) is 10.6 Å². The molecule has 2 heterocycles. The van der Waals surface area contributed by atoms with Crippen LogP contribution in [0, 0.1) is 0 Å². The zero-order valence-corrected chi connectivity index (χ0v) is 13.9. The second kappa shape index (κ2) is 7.87. The smallest absolute Gasteiger partial charge is 0.353 e. The minimum atomic E-state index is -4.49. The molecule has 2 rings (SSSR count). The summed E-state index contributed by atoms with van der Waals surface area (Å²) >= 11 is 5.94. The number of carbonyl (C=O) groups is 2. The van der Waals surface area contributed by atoms with Crippen molar-refractivity contribution in [1.82, 2.24) is 15.2 Å². The van der Waals surface area contributed by atoms with Crippen LogP contribution in [0.4, 0.5) is 23.8 Å². The van der Waals surface area contributed by atoms with Crippen molar-refractivity contribution in [3.05, 3.63) is 22.8 Å². The number of nitrogens with one attached hydrogen (secondary N) is 1. The number of urea groups is 1. The summed E-state index contributed by atoms with van der Waals surface area (Å²) in [5.41, 5.74) is 3.97. The van der Waals surface area contributed by atoms with Crippen LogP contribution in [0.2, 0.25) is 5.02 Å². The summed E-state index contributed by atoms with van der Waals surface area (Å²) in [5, 5.41) is 1.93. The second-order valence-corrected chi connectivity index (χ2v) is 5.93. The molecule has 1 aromatic rings. The quantitative estimate of drug-likeness (QED) is 0.826. The lowest BCUT2D eigenvalue weighted by molar-refractivity contribution is -0.137. The largest absolute Gasteiger partial charge is 0.417 e. The van der Waals surface area contributed by atoms with E-state index in [9.17, 15) is 22.8 Å². The van der Waals surface area contributed by atoms with E-state index in [1.165, 1.54) is 0 Å². The molecular weight excluding hydrogens is 363 g/mol. The normalized spacial score (nSPS) is 15.9. The molecule has 0 saturated carbocycles. The van der Waals surface area contributed by atoms with Gasteiger partial charge in [-0.3, -0.25) is 15.0 Å². The van der Waals surface area contributed by atoms with Crippen molar-refractivity contribution < 1.29 is 22.8 Å². The van der Waals surface area contributed by atoms with Gasteiger partial charge in [0.15, 0.2) is 0 Å². The van der Waals surface area contributed by atoms with Crippen LogP contribution in [0.5, 0.6) is 0 Å². The van der Waals surface area contributed by atoms with Crippen LogP contribution in [-0.2, 0) is 11.0 Å². The molecular formula is C14H17ClF3N5O2. The first-order chi connectivity index (χ1) is 11.7. The van der Waals surface area contributed by atoms with Gasteiger partial charge in [-0.15, -0.1) is 0 Å². The maximum Gasteiger partial charge on any atom is 0.417 e. The monoisotopic (exact) mass is 379 g/mol. The first-order valence-corrected chi connectivity index (χ1v) is 7.84. The zero-order valence-electron chi connectivity index (χ0n) is 13.1. The molecule has 11 heteroatoms. The van der Waals surface area contributed by atoms with Crippen LogP contribution in [-0.4, -0.2) is 54.5 Å². The molecule has 138 valence electrons. The third kappa shape index (κ3) is 5.46. The Bertz CT molecular complexity index is 648. The highest BCUT2D eigenvalue weighted by molar-refractivity contribution is 6.33. The summed E-state index contributed by atoms with van der Waals surface area (Å²) in [6, 6.07) is -0.0254. The lowest BCUT2D eigenvalue weighted by Gasteiger charge is -2.35. The number of pyridine rings is 1. The highest BCUT2D eigenvalue weighted by Gasteiger charge is 2.32. The van der Waals surface area contributed by atoms with E-state index >= 15 is 0 Å². The molecule has 0 spiro atoms. The Morgan fingerprint density at radius 2 is 1.92 bits per heavy atom. The third-order valence-corrected chi connectivity index (χ3v) is 4.02. The fourth-order valence-corrected chi connectivity index (χ4v) is 2.75. The Morgan fingerprint density at radius 3 is 2.44 bits per heavy atom. The number of carbonyl (C=O) groups excluding carboxylic acids is 2. The molecule has 3 N–H and O–H groups in total. The predicted molar refractivity (Wildman–Crippen MR) is 85.2 cm³/mol. The van der Waals surface area contributed by atoms with Gasteiger partial charge in [0.25, 0.3) is 0 Å². The summed E-state index contributed by atoms with van der Waals surface area (Å²) in [6.07, 6.45) is -3.59. The number of aromatic nitrogens is 1. The number of primary amides is 1. The van der Waals surface area contributed by atoms with E-state index in [4.69, 9.17) is 17.3 Å². The third-order valence-electron chi connectivity index (χ3n) is 3.74. The lowest BCUT2D eigenvalue weighted by atomic mass is 10.2. The molecule has 0 unspecified atom stereocenters. The maximum absolute atomic E-state index is 12.6. The van der Waals surface area contributed by atoms with Crippen molar-refractivity contribution in [1.29, 1.82) is 0 Å². The van der Waals surface area contributed by atoms with Crippen LogP contribution in [0.25, 0.3) is 0 Å². The lowest BCUT2D eigenvalue weighted by Crippen LogP contribution is -2.48. The van der Waals surface area contributed by atoms with Crippen molar-refractivity contribution in [2.24, 2.45) is 5.73 Å². The van der Waals surface area contributed by atoms with Gasteiger partial charge in [-0.2, -0.15) is 13.2 Å². The molecule has 1 aliphatic rings. The molecule has 1 aromatic heterocycles. The predicted octanol–water partition coefficient (Wildman–Crippen LogP) is 1.46. The number of halogens is 4. The van der Waals surface area contributed by atoms with Crippen molar-refractivity contribution in [2.45, 2.75) is 12.6 Å². The van der Waals surface area contributed by atoms with Gasteiger partial charge in [-0.05, 0) is 6.07 Å². The average Bonchev–Trinajstić information content (AvgIpc) is 2.52.